The number of phenols is 2. The SMILES string of the molecule is CCC(=O)N[C@@H](C)C(=O)NC[C@H]1c2c(c(O)c(C)c3c2OCO3)CC2[C@H]3c4c(cc(C)c(OC)c4O)C[C@@H]([C@H](O)N21)N3C. The fourth-order valence-corrected chi connectivity index (χ4v) is 7.61. The summed E-state index contributed by atoms with van der Waals surface area (Å²) in [7, 11) is 3.48. The van der Waals surface area contributed by atoms with Gasteiger partial charge in [0.05, 0.1) is 25.2 Å². The summed E-state index contributed by atoms with van der Waals surface area (Å²) in [5, 5.41) is 40.7. The topological polar surface area (TPSA) is 153 Å². The zero-order valence-electron chi connectivity index (χ0n) is 25.4. The lowest BCUT2D eigenvalue weighted by Crippen LogP contribution is -2.69. The van der Waals surface area contributed by atoms with Crippen molar-refractivity contribution in [2.45, 2.75) is 83.4 Å². The number of aliphatic hydroxyl groups is 1. The molecule has 2 bridgehead atoms. The summed E-state index contributed by atoms with van der Waals surface area (Å²) < 4.78 is 17.3. The van der Waals surface area contributed by atoms with Gasteiger partial charge >= 0.3 is 0 Å². The quantitative estimate of drug-likeness (QED) is 0.333. The zero-order chi connectivity index (χ0) is 30.9. The fourth-order valence-electron chi connectivity index (χ4n) is 7.61. The van der Waals surface area contributed by atoms with Gasteiger partial charge in [0, 0.05) is 41.3 Å². The molecule has 1 unspecified atom stereocenters. The van der Waals surface area contributed by atoms with Gasteiger partial charge in [0.2, 0.25) is 18.6 Å². The molecule has 0 aromatic heterocycles. The highest BCUT2D eigenvalue weighted by Crippen LogP contribution is 2.57. The van der Waals surface area contributed by atoms with E-state index >= 15 is 0 Å². The van der Waals surface area contributed by atoms with Crippen LogP contribution in [0.3, 0.4) is 0 Å². The maximum atomic E-state index is 13.1. The standard InChI is InChI=1S/C31H40N4O8/c1-7-21(36)33-15(4)30(39)32-11-20-23-17(25(37)14(3)28-29(23)43-12-42-28)10-18-24-22-16(8-13(2)27(41-6)26(22)38)9-19(34(24)5)31(40)35(18)20/h8,15,18-20,24,31,37-38,40H,7,9-12H2,1-6H3,(H,32,39)(H,33,36)/t15-,18?,19-,20-,24-,31-/m0/s1. The number of aliphatic hydroxyl groups excluding tert-OH is 1. The Morgan fingerprint density at radius 3 is 2.53 bits per heavy atom. The number of hydrogen-bond donors (Lipinski definition) is 5. The molecule has 6 atom stereocenters. The molecule has 6 rings (SSSR count). The van der Waals surface area contributed by atoms with Crippen molar-refractivity contribution in [1.82, 2.24) is 20.4 Å². The summed E-state index contributed by atoms with van der Waals surface area (Å²) in [6.07, 6.45) is 0.151. The Hall–Kier alpha value is -3.74. The van der Waals surface area contributed by atoms with Gasteiger partial charge in [-0.3, -0.25) is 19.4 Å². The predicted octanol–water partition coefficient (Wildman–Crippen LogP) is 1.68. The molecule has 0 saturated carbocycles. The smallest absolute Gasteiger partial charge is 0.242 e. The first-order chi connectivity index (χ1) is 20.5. The number of likely N-dealkylation sites (N-methyl/N-ethyl adjacent to an activating group) is 1. The van der Waals surface area contributed by atoms with E-state index in [0.29, 0.717) is 46.8 Å². The highest BCUT2D eigenvalue weighted by molar-refractivity contribution is 5.87. The van der Waals surface area contributed by atoms with E-state index in [2.05, 4.69) is 15.5 Å². The largest absolute Gasteiger partial charge is 0.507 e. The summed E-state index contributed by atoms with van der Waals surface area (Å²) in [6, 6.07) is -0.425. The average molecular weight is 597 g/mol. The van der Waals surface area contributed by atoms with Gasteiger partial charge in [-0.25, -0.2) is 0 Å². The second kappa shape index (κ2) is 10.8. The van der Waals surface area contributed by atoms with Gasteiger partial charge in [0.15, 0.2) is 23.0 Å². The molecule has 232 valence electrons. The normalized spacial score (nSPS) is 26.2. The lowest BCUT2D eigenvalue weighted by atomic mass is 9.73. The number of benzene rings is 2. The highest BCUT2D eigenvalue weighted by atomic mass is 16.7. The van der Waals surface area contributed by atoms with Crippen LogP contribution in [0, 0.1) is 13.8 Å². The second-order valence-electron chi connectivity index (χ2n) is 12.0. The number of piperazine rings is 1. The minimum Gasteiger partial charge on any atom is -0.507 e. The number of amides is 2. The first kappa shape index (κ1) is 29.3. The van der Waals surface area contributed by atoms with Gasteiger partial charge in [-0.15, -0.1) is 0 Å². The van der Waals surface area contributed by atoms with E-state index in [9.17, 15) is 24.9 Å². The second-order valence-corrected chi connectivity index (χ2v) is 12.0. The van der Waals surface area contributed by atoms with E-state index in [1.54, 1.807) is 20.8 Å². The highest BCUT2D eigenvalue weighted by Gasteiger charge is 2.56. The first-order valence-corrected chi connectivity index (χ1v) is 14.8. The van der Waals surface area contributed by atoms with Crippen LogP contribution in [-0.4, -0.2) is 88.8 Å². The van der Waals surface area contributed by atoms with E-state index in [1.165, 1.54) is 7.11 Å². The summed E-state index contributed by atoms with van der Waals surface area (Å²) in [5.74, 6) is 0.900. The number of hydrogen-bond acceptors (Lipinski definition) is 10. The molecular weight excluding hydrogens is 556 g/mol. The van der Waals surface area contributed by atoms with Crippen molar-refractivity contribution in [1.29, 1.82) is 0 Å². The van der Waals surface area contributed by atoms with Crippen molar-refractivity contribution in [3.63, 3.8) is 0 Å². The molecule has 4 heterocycles. The molecule has 2 amide bonds. The molecule has 0 aliphatic carbocycles. The van der Waals surface area contributed by atoms with Crippen LogP contribution in [0.1, 0.15) is 65.7 Å². The molecule has 4 aliphatic rings. The van der Waals surface area contributed by atoms with Crippen molar-refractivity contribution >= 4 is 11.8 Å². The number of carbonyl (C=O) groups is 2. The summed E-state index contributed by atoms with van der Waals surface area (Å²) in [6.45, 7) is 7.06. The number of ether oxygens (including phenoxy) is 3. The summed E-state index contributed by atoms with van der Waals surface area (Å²) >= 11 is 0. The minimum atomic E-state index is -0.947. The molecule has 0 radical (unpaired) electrons. The van der Waals surface area contributed by atoms with Crippen LogP contribution < -0.4 is 24.8 Å². The lowest BCUT2D eigenvalue weighted by Gasteiger charge is -2.60. The van der Waals surface area contributed by atoms with Crippen molar-refractivity contribution < 1.29 is 39.1 Å². The molecule has 12 heteroatoms. The first-order valence-electron chi connectivity index (χ1n) is 14.8. The van der Waals surface area contributed by atoms with E-state index in [4.69, 9.17) is 14.2 Å². The van der Waals surface area contributed by atoms with Crippen molar-refractivity contribution in [2.75, 3.05) is 27.5 Å². The number of rotatable bonds is 6. The monoisotopic (exact) mass is 596 g/mol. The van der Waals surface area contributed by atoms with Gasteiger partial charge < -0.3 is 40.2 Å². The van der Waals surface area contributed by atoms with E-state index in [1.807, 2.05) is 24.9 Å². The van der Waals surface area contributed by atoms with Gasteiger partial charge in [0.25, 0.3) is 0 Å². The number of carbonyl (C=O) groups excluding carboxylic acids is 2. The number of aromatic hydroxyl groups is 2. The summed E-state index contributed by atoms with van der Waals surface area (Å²) in [5.41, 5.74) is 4.37. The molecule has 43 heavy (non-hydrogen) atoms. The lowest BCUT2D eigenvalue weighted by molar-refractivity contribution is -0.172. The van der Waals surface area contributed by atoms with Gasteiger partial charge in [0.1, 0.15) is 18.0 Å². The van der Waals surface area contributed by atoms with E-state index < -0.39 is 24.4 Å². The van der Waals surface area contributed by atoms with Gasteiger partial charge in [-0.2, -0.15) is 0 Å². The fraction of sp³-hybridized carbons (Fsp3) is 0.548. The van der Waals surface area contributed by atoms with E-state index in [0.717, 1.165) is 16.7 Å². The molecule has 12 nitrogen and oxygen atoms in total. The predicted molar refractivity (Wildman–Crippen MR) is 155 cm³/mol. The van der Waals surface area contributed by atoms with E-state index in [-0.39, 0.29) is 55.2 Å². The number of nitrogens with one attached hydrogen (secondary N) is 2. The number of phenolic OH excluding ortho intramolecular Hbond substituents is 2. The zero-order valence-corrected chi connectivity index (χ0v) is 25.4. The Balaban J connectivity index is 1.48. The molecule has 2 aromatic carbocycles. The molecule has 0 spiro atoms. The molecule has 1 saturated heterocycles. The van der Waals surface area contributed by atoms with Crippen LogP contribution in [0.25, 0.3) is 0 Å². The third-order valence-corrected chi connectivity index (χ3v) is 9.68. The maximum Gasteiger partial charge on any atom is 0.242 e. The number of nitrogens with zero attached hydrogens (tertiary/aromatic N) is 2. The van der Waals surface area contributed by atoms with Crippen molar-refractivity contribution in [3.05, 3.63) is 39.4 Å². The van der Waals surface area contributed by atoms with Crippen LogP contribution in [0.4, 0.5) is 0 Å². The van der Waals surface area contributed by atoms with Crippen LogP contribution in [-0.2, 0) is 22.4 Å². The minimum absolute atomic E-state index is 0.00834. The molecule has 5 N–H and O–H groups in total. The third kappa shape index (κ3) is 4.37. The molecule has 1 fully saturated rings. The Bertz CT molecular complexity index is 1500. The number of fused-ring (bicyclic) bond motifs is 9. The van der Waals surface area contributed by atoms with Gasteiger partial charge in [-0.1, -0.05) is 13.0 Å². The molecule has 2 aromatic rings. The van der Waals surface area contributed by atoms with Crippen LogP contribution in [0.2, 0.25) is 0 Å². The molecule has 4 aliphatic heterocycles. The summed E-state index contributed by atoms with van der Waals surface area (Å²) in [4.78, 5) is 29.2. The Labute approximate surface area is 250 Å². The third-order valence-electron chi connectivity index (χ3n) is 9.68. The Morgan fingerprint density at radius 1 is 1.12 bits per heavy atom. The average Bonchev–Trinajstić information content (AvgIpc) is 3.47. The Kier molecular flexibility index (Phi) is 7.34. The van der Waals surface area contributed by atoms with Crippen molar-refractivity contribution in [2.24, 2.45) is 0 Å². The number of methoxy groups -OCH3 is 1. The van der Waals surface area contributed by atoms with Crippen LogP contribution in [0.15, 0.2) is 6.07 Å². The Morgan fingerprint density at radius 2 is 1.84 bits per heavy atom. The van der Waals surface area contributed by atoms with Gasteiger partial charge in [-0.05, 0) is 51.8 Å². The van der Waals surface area contributed by atoms with Crippen LogP contribution in [0.5, 0.6) is 28.7 Å². The van der Waals surface area contributed by atoms with Crippen LogP contribution >= 0.6 is 0 Å². The molecular formula is C31H40N4O8. The maximum absolute atomic E-state index is 13.1. The van der Waals surface area contributed by atoms with Crippen molar-refractivity contribution in [3.8, 4) is 28.7 Å². The number of aryl methyl sites for hydroxylation is 1.